The van der Waals surface area contributed by atoms with Crippen LogP contribution in [-0.4, -0.2) is 45.6 Å². The van der Waals surface area contributed by atoms with Crippen LogP contribution in [0.25, 0.3) is 0 Å². The smallest absolute Gasteiger partial charge is 0.311 e. The maximum atomic E-state index is 12.2. The van der Waals surface area contributed by atoms with Gasteiger partial charge in [-0.1, -0.05) is 0 Å². The zero-order chi connectivity index (χ0) is 19.6. The number of hydrogen-bond acceptors (Lipinski definition) is 6. The Morgan fingerprint density at radius 1 is 1.41 bits per heavy atom. The van der Waals surface area contributed by atoms with Crippen molar-refractivity contribution in [2.24, 2.45) is 13.0 Å². The Morgan fingerprint density at radius 3 is 2.81 bits per heavy atom. The van der Waals surface area contributed by atoms with Crippen molar-refractivity contribution < 1.29 is 23.5 Å². The van der Waals surface area contributed by atoms with Crippen LogP contribution in [0.1, 0.15) is 23.6 Å². The molecule has 0 saturated carbocycles. The molecule has 1 saturated heterocycles. The summed E-state index contributed by atoms with van der Waals surface area (Å²) in [6, 6.07) is 3.51. The van der Waals surface area contributed by atoms with Crippen LogP contribution in [0, 0.1) is 19.8 Å². The number of furan rings is 1. The highest BCUT2D eigenvalue weighted by atomic mass is 16.5. The topological polar surface area (TPSA) is 107 Å². The highest BCUT2D eigenvalue weighted by Crippen LogP contribution is 2.22. The van der Waals surface area contributed by atoms with Crippen molar-refractivity contribution in [2.75, 3.05) is 18.5 Å². The van der Waals surface area contributed by atoms with Crippen LogP contribution in [0.4, 0.5) is 5.69 Å². The van der Waals surface area contributed by atoms with Gasteiger partial charge in [0, 0.05) is 20.0 Å². The van der Waals surface area contributed by atoms with Gasteiger partial charge in [-0.05, 0) is 26.0 Å². The first kappa shape index (κ1) is 18.7. The lowest BCUT2D eigenvalue weighted by Crippen LogP contribution is -2.28. The second kappa shape index (κ2) is 7.65. The van der Waals surface area contributed by atoms with Gasteiger partial charge in [0.2, 0.25) is 5.91 Å². The first-order valence-electron chi connectivity index (χ1n) is 8.62. The molecular weight excluding hydrogens is 352 g/mol. The van der Waals surface area contributed by atoms with E-state index in [-0.39, 0.29) is 18.9 Å². The fourth-order valence-corrected chi connectivity index (χ4v) is 3.06. The summed E-state index contributed by atoms with van der Waals surface area (Å²) in [5.74, 6) is -1.07. The first-order chi connectivity index (χ1) is 12.8. The van der Waals surface area contributed by atoms with Crippen molar-refractivity contribution in [3.05, 3.63) is 35.5 Å². The average Bonchev–Trinajstić information content (AvgIpc) is 3.32. The quantitative estimate of drug-likeness (QED) is 0.761. The van der Waals surface area contributed by atoms with Gasteiger partial charge in [0.25, 0.3) is 5.91 Å². The third kappa shape index (κ3) is 4.18. The molecule has 9 nitrogen and oxygen atoms in total. The summed E-state index contributed by atoms with van der Waals surface area (Å²) in [5, 5.41) is 6.92. The van der Waals surface area contributed by atoms with E-state index < -0.39 is 24.4 Å². The average molecular weight is 374 g/mol. The summed E-state index contributed by atoms with van der Waals surface area (Å²) in [5.41, 5.74) is 2.10. The number of esters is 1. The van der Waals surface area contributed by atoms with Crippen molar-refractivity contribution in [2.45, 2.75) is 26.8 Å². The minimum atomic E-state index is -0.581. The Labute approximate surface area is 156 Å². The van der Waals surface area contributed by atoms with Crippen LogP contribution in [0.3, 0.4) is 0 Å². The highest BCUT2D eigenvalue weighted by molar-refractivity contribution is 5.94. The Morgan fingerprint density at radius 2 is 2.19 bits per heavy atom. The lowest BCUT2D eigenvalue weighted by atomic mass is 10.1. The van der Waals surface area contributed by atoms with Crippen molar-refractivity contribution in [1.82, 2.24) is 14.7 Å². The van der Waals surface area contributed by atoms with Crippen molar-refractivity contribution in [3.8, 4) is 0 Å². The van der Waals surface area contributed by atoms with Crippen LogP contribution in [-0.2, 0) is 32.7 Å². The van der Waals surface area contributed by atoms with E-state index in [0.29, 0.717) is 23.7 Å². The van der Waals surface area contributed by atoms with E-state index in [1.807, 2.05) is 6.92 Å². The van der Waals surface area contributed by atoms with E-state index in [1.54, 1.807) is 35.7 Å². The van der Waals surface area contributed by atoms with E-state index in [1.165, 1.54) is 6.26 Å². The fourth-order valence-electron chi connectivity index (χ4n) is 3.06. The Bertz CT molecular complexity index is 855. The maximum Gasteiger partial charge on any atom is 0.311 e. The number of aromatic nitrogens is 2. The monoisotopic (exact) mass is 374 g/mol. The SMILES string of the molecule is Cc1nn(C)c(C)c1NC(=O)COC(=O)[C@@H]1CC(=O)N(Cc2ccco2)C1. The number of carbonyl (C=O) groups is 3. The Hall–Kier alpha value is -3.10. The number of anilines is 1. The van der Waals surface area contributed by atoms with Crippen LogP contribution in [0.5, 0.6) is 0 Å². The lowest BCUT2D eigenvalue weighted by molar-refractivity contribution is -0.151. The molecule has 1 fully saturated rings. The van der Waals surface area contributed by atoms with E-state index in [4.69, 9.17) is 9.15 Å². The van der Waals surface area contributed by atoms with Crippen molar-refractivity contribution >= 4 is 23.5 Å². The van der Waals surface area contributed by atoms with Crippen molar-refractivity contribution in [1.29, 1.82) is 0 Å². The molecule has 3 rings (SSSR count). The normalized spacial score (nSPS) is 16.6. The molecule has 2 aromatic rings. The molecule has 0 unspecified atom stereocenters. The largest absolute Gasteiger partial charge is 0.467 e. The summed E-state index contributed by atoms with van der Waals surface area (Å²) in [6.07, 6.45) is 1.61. The number of nitrogens with one attached hydrogen (secondary N) is 1. The Kier molecular flexibility index (Phi) is 5.29. The number of ether oxygens (including phenoxy) is 1. The van der Waals surface area contributed by atoms with Gasteiger partial charge in [-0.15, -0.1) is 0 Å². The molecule has 0 bridgehead atoms. The molecule has 2 amide bonds. The molecule has 2 aromatic heterocycles. The molecule has 9 heteroatoms. The van der Waals surface area contributed by atoms with Crippen molar-refractivity contribution in [3.63, 3.8) is 0 Å². The number of likely N-dealkylation sites (tertiary alicyclic amines) is 1. The van der Waals surface area contributed by atoms with Crippen LogP contribution < -0.4 is 5.32 Å². The first-order valence-corrected chi connectivity index (χ1v) is 8.62. The van der Waals surface area contributed by atoms with Gasteiger partial charge in [0.1, 0.15) is 5.76 Å². The maximum absolute atomic E-state index is 12.2. The minimum absolute atomic E-state index is 0.0714. The molecule has 1 aliphatic heterocycles. The minimum Gasteiger partial charge on any atom is -0.467 e. The third-order valence-corrected chi connectivity index (χ3v) is 4.59. The number of hydrogen-bond donors (Lipinski definition) is 1. The molecule has 0 aliphatic carbocycles. The molecular formula is C18H22N4O5. The van der Waals surface area contributed by atoms with Gasteiger partial charge in [0.15, 0.2) is 6.61 Å². The van der Waals surface area contributed by atoms with Gasteiger partial charge in [-0.3, -0.25) is 19.1 Å². The Balaban J connectivity index is 1.49. The molecule has 1 atom stereocenters. The molecule has 3 heterocycles. The third-order valence-electron chi connectivity index (χ3n) is 4.59. The summed E-state index contributed by atoms with van der Waals surface area (Å²) in [4.78, 5) is 37.9. The van der Waals surface area contributed by atoms with Crippen LogP contribution in [0.15, 0.2) is 22.8 Å². The number of aryl methyl sites for hydroxylation is 2. The van der Waals surface area contributed by atoms with E-state index in [0.717, 1.165) is 5.69 Å². The number of nitrogens with zero attached hydrogens (tertiary/aromatic N) is 3. The van der Waals surface area contributed by atoms with Gasteiger partial charge in [-0.25, -0.2) is 0 Å². The fraction of sp³-hybridized carbons (Fsp3) is 0.444. The molecule has 1 aliphatic rings. The van der Waals surface area contributed by atoms with E-state index in [2.05, 4.69) is 10.4 Å². The van der Waals surface area contributed by atoms with E-state index in [9.17, 15) is 14.4 Å². The summed E-state index contributed by atoms with van der Waals surface area (Å²) in [7, 11) is 1.78. The van der Waals surface area contributed by atoms with Gasteiger partial charge in [0.05, 0.1) is 35.8 Å². The summed E-state index contributed by atoms with van der Waals surface area (Å²) in [6.45, 7) is 3.78. The van der Waals surface area contributed by atoms with Gasteiger partial charge in [-0.2, -0.15) is 5.10 Å². The summed E-state index contributed by atoms with van der Waals surface area (Å²) >= 11 is 0. The van der Waals surface area contributed by atoms with E-state index >= 15 is 0 Å². The van der Waals surface area contributed by atoms with Gasteiger partial charge < -0.3 is 19.4 Å². The number of amides is 2. The second-order valence-electron chi connectivity index (χ2n) is 6.58. The number of rotatable bonds is 6. The number of carbonyl (C=O) groups excluding carboxylic acids is 3. The summed E-state index contributed by atoms with van der Waals surface area (Å²) < 4.78 is 12.0. The molecule has 144 valence electrons. The molecule has 0 radical (unpaired) electrons. The molecule has 0 aromatic carbocycles. The molecule has 0 spiro atoms. The zero-order valence-corrected chi connectivity index (χ0v) is 15.5. The predicted octanol–water partition coefficient (Wildman–Crippen LogP) is 1.16. The molecule has 27 heavy (non-hydrogen) atoms. The lowest BCUT2D eigenvalue weighted by Gasteiger charge is -2.14. The van der Waals surface area contributed by atoms with Crippen LogP contribution >= 0.6 is 0 Å². The zero-order valence-electron chi connectivity index (χ0n) is 15.5. The second-order valence-corrected chi connectivity index (χ2v) is 6.58. The van der Waals surface area contributed by atoms with Crippen LogP contribution in [0.2, 0.25) is 0 Å². The predicted molar refractivity (Wildman–Crippen MR) is 94.5 cm³/mol. The highest BCUT2D eigenvalue weighted by Gasteiger charge is 2.35. The van der Waals surface area contributed by atoms with Gasteiger partial charge >= 0.3 is 5.97 Å². The molecule has 1 N–H and O–H groups in total. The standard InChI is InChI=1S/C18H22N4O5/c1-11-17(12(2)21(3)20-11)19-15(23)10-27-18(25)13-7-16(24)22(8-13)9-14-5-4-6-26-14/h4-6,13H,7-10H2,1-3H3,(H,19,23)/t13-/m1/s1.